The topological polar surface area (TPSA) is 236 Å². The summed E-state index contributed by atoms with van der Waals surface area (Å²) in [5.41, 5.74) is 5.52. The number of ether oxygens (including phenoxy) is 2. The summed E-state index contributed by atoms with van der Waals surface area (Å²) in [6.45, 7) is -5.63. The minimum absolute atomic E-state index is 0.0127. The highest BCUT2D eigenvalue weighted by Gasteiger charge is 2.50. The van der Waals surface area contributed by atoms with Gasteiger partial charge in [-0.3, -0.25) is 22.8 Å². The molecule has 4 aromatic rings. The minimum Gasteiger partial charge on any atom is -0.394 e. The number of aliphatic hydroxyl groups is 3. The van der Waals surface area contributed by atoms with E-state index in [0.717, 1.165) is 11.0 Å². The first-order chi connectivity index (χ1) is 19.6. The van der Waals surface area contributed by atoms with Crippen LogP contribution in [0.2, 0.25) is 0 Å². The molecule has 18 nitrogen and oxygen atoms in total. The zero-order valence-electron chi connectivity index (χ0n) is 20.6. The van der Waals surface area contributed by atoms with Crippen LogP contribution in [0.1, 0.15) is 12.5 Å². The summed E-state index contributed by atoms with van der Waals surface area (Å²) >= 11 is 3.97. The van der Waals surface area contributed by atoms with Gasteiger partial charge in [0.15, 0.2) is 35.6 Å². The number of imidazole rings is 1. The number of rotatable bonds is 8. The number of fused-ring (bicyclic) bond motifs is 2. The van der Waals surface area contributed by atoms with Crippen LogP contribution in [0.15, 0.2) is 35.8 Å². The Hall–Kier alpha value is -3.07. The predicted molar refractivity (Wildman–Crippen MR) is 136 cm³/mol. The van der Waals surface area contributed by atoms with E-state index in [2.05, 4.69) is 37.5 Å². The fourth-order valence-electron chi connectivity index (χ4n) is 4.70. The largest absolute Gasteiger partial charge is 0.394 e. The van der Waals surface area contributed by atoms with Crippen molar-refractivity contribution in [2.75, 3.05) is 18.9 Å². The molecule has 0 amide bonds. The zero-order chi connectivity index (χ0) is 29.1. The van der Waals surface area contributed by atoms with E-state index in [9.17, 15) is 24.7 Å². The first-order valence-corrected chi connectivity index (χ1v) is 14.7. The number of aromatic nitrogens is 8. The summed E-state index contributed by atoms with van der Waals surface area (Å²) in [5.74, 6) is 0.130. The van der Waals surface area contributed by atoms with E-state index < -0.39 is 69.2 Å². The van der Waals surface area contributed by atoms with Crippen LogP contribution >= 0.6 is 19.0 Å². The second kappa shape index (κ2) is 10.6. The molecule has 6 rings (SSSR count). The maximum atomic E-state index is 15.1. The standard InChI is InChI=1S/C20H23FN9O9PS/c21-11-13(33)9(38-18(11)30-17-12(26-27-30)16(22)24-7-25-17)6-36-40(35,41)39-15-14(34)8(5-31)37-19(15)29-3-1-10(32)28-4-2-23-20(28)29/h1-4,7-9,11,13-15,18-19,31,33-34H,5-6H2,(H,35,41)(H2,22,24,25)/t8-,9-,11+,13-,14-,15-,18-,19-,40?/m1/s1. The fourth-order valence-corrected chi connectivity index (χ4v) is 6.16. The molecule has 9 atom stereocenters. The van der Waals surface area contributed by atoms with E-state index in [-0.39, 0.29) is 28.3 Å². The number of anilines is 1. The molecular weight excluding hydrogens is 592 g/mol. The molecular formula is C20H23FN9O9PS. The van der Waals surface area contributed by atoms with E-state index >= 15 is 4.39 Å². The van der Waals surface area contributed by atoms with Crippen LogP contribution in [0.3, 0.4) is 0 Å². The Morgan fingerprint density at radius 3 is 2.71 bits per heavy atom. The lowest BCUT2D eigenvalue weighted by Gasteiger charge is -2.26. The van der Waals surface area contributed by atoms with Crippen molar-refractivity contribution in [3.8, 4) is 0 Å². The molecule has 6 heterocycles. The van der Waals surface area contributed by atoms with Crippen LogP contribution < -0.4 is 11.3 Å². The quantitative estimate of drug-likeness (QED) is 0.113. The molecule has 0 aromatic carbocycles. The molecule has 0 saturated carbocycles. The van der Waals surface area contributed by atoms with Gasteiger partial charge < -0.3 is 30.5 Å². The van der Waals surface area contributed by atoms with Crippen molar-refractivity contribution in [1.82, 2.24) is 38.9 Å². The normalized spacial score (nSPS) is 31.7. The van der Waals surface area contributed by atoms with E-state index in [1.807, 2.05) is 0 Å². The summed E-state index contributed by atoms with van der Waals surface area (Å²) in [4.78, 5) is 24.0. The molecule has 2 saturated heterocycles. The Morgan fingerprint density at radius 1 is 1.15 bits per heavy atom. The van der Waals surface area contributed by atoms with Crippen molar-refractivity contribution in [3.63, 3.8) is 0 Å². The summed E-state index contributed by atoms with van der Waals surface area (Å²) < 4.78 is 54.0. The highest BCUT2D eigenvalue weighted by Crippen LogP contribution is 2.57. The monoisotopic (exact) mass is 615 g/mol. The van der Waals surface area contributed by atoms with E-state index in [4.69, 9.17) is 24.3 Å². The highest BCUT2D eigenvalue weighted by molar-refractivity contribution is 8.44. The molecule has 2 fully saturated rings. The van der Waals surface area contributed by atoms with Gasteiger partial charge in [-0.25, -0.2) is 23.9 Å². The summed E-state index contributed by atoms with van der Waals surface area (Å²) in [7, 11) is 0. The summed E-state index contributed by atoms with van der Waals surface area (Å²) in [6.07, 6.45) is -6.66. The van der Waals surface area contributed by atoms with Crippen LogP contribution in [-0.4, -0.2) is 104 Å². The van der Waals surface area contributed by atoms with Gasteiger partial charge in [-0.15, -0.1) is 5.10 Å². The molecule has 0 spiro atoms. The van der Waals surface area contributed by atoms with Crippen molar-refractivity contribution >= 4 is 41.8 Å². The van der Waals surface area contributed by atoms with Gasteiger partial charge in [-0.05, 0) is 0 Å². The summed E-state index contributed by atoms with van der Waals surface area (Å²) in [5, 5.41) is 38.5. The van der Waals surface area contributed by atoms with Gasteiger partial charge in [-0.2, -0.15) is 4.68 Å². The summed E-state index contributed by atoms with van der Waals surface area (Å²) in [6, 6.07) is 1.21. The van der Waals surface area contributed by atoms with Crippen molar-refractivity contribution in [2.24, 2.45) is 0 Å². The van der Waals surface area contributed by atoms with Crippen LogP contribution in [-0.2, 0) is 23.1 Å². The fraction of sp³-hybridized carbons (Fsp3) is 0.500. The lowest BCUT2D eigenvalue weighted by atomic mass is 10.1. The molecule has 2 aliphatic rings. The predicted octanol–water partition coefficient (Wildman–Crippen LogP) is -1.40. The average molecular weight is 615 g/mol. The molecule has 5 N–H and O–H groups in total. The van der Waals surface area contributed by atoms with Gasteiger partial charge >= 0.3 is 6.80 Å². The molecule has 21 heteroatoms. The zero-order valence-corrected chi connectivity index (χ0v) is 22.4. The number of nitrogen functional groups attached to an aromatic ring is 1. The number of hydrogen-bond acceptors (Lipinski definition) is 15. The smallest absolute Gasteiger partial charge is 0.386 e. The van der Waals surface area contributed by atoms with Crippen LogP contribution in [0.4, 0.5) is 10.2 Å². The maximum absolute atomic E-state index is 15.1. The van der Waals surface area contributed by atoms with Crippen LogP contribution in [0, 0.1) is 0 Å². The minimum atomic E-state index is -4.37. The van der Waals surface area contributed by atoms with Gasteiger partial charge in [-0.1, -0.05) is 17.5 Å². The molecule has 0 radical (unpaired) electrons. The number of alkyl halides is 1. The van der Waals surface area contributed by atoms with Crippen LogP contribution in [0.25, 0.3) is 16.9 Å². The lowest BCUT2D eigenvalue weighted by Crippen LogP contribution is -2.35. The van der Waals surface area contributed by atoms with Crippen LogP contribution in [0.5, 0.6) is 0 Å². The van der Waals surface area contributed by atoms with E-state index in [1.54, 1.807) is 0 Å². The molecule has 4 aromatic heterocycles. The number of aliphatic hydroxyl groups excluding tert-OH is 3. The lowest BCUT2D eigenvalue weighted by molar-refractivity contribution is -0.0558. The Balaban J connectivity index is 1.18. The molecule has 2 aliphatic heterocycles. The molecule has 1 unspecified atom stereocenters. The van der Waals surface area contributed by atoms with Gasteiger partial charge in [0.25, 0.3) is 5.56 Å². The Bertz CT molecular complexity index is 1690. The number of thiol groups is 1. The first kappa shape index (κ1) is 28.1. The molecule has 0 bridgehead atoms. The number of nitrogens with two attached hydrogens (primary N) is 1. The number of hydrogen-bond donors (Lipinski definition) is 5. The third-order valence-corrected chi connectivity index (χ3v) is 8.33. The van der Waals surface area contributed by atoms with Crippen molar-refractivity contribution in [3.05, 3.63) is 41.3 Å². The third kappa shape index (κ3) is 4.90. The average Bonchev–Trinajstić information content (AvgIpc) is 3.72. The van der Waals surface area contributed by atoms with Gasteiger partial charge in [0.05, 0.1) is 13.2 Å². The Labute approximate surface area is 233 Å². The third-order valence-electron chi connectivity index (χ3n) is 6.72. The Kier molecular flexibility index (Phi) is 7.29. The van der Waals surface area contributed by atoms with Crippen molar-refractivity contribution in [1.29, 1.82) is 0 Å². The van der Waals surface area contributed by atoms with Gasteiger partial charge in [0, 0.05) is 24.7 Å². The number of halogens is 1. The van der Waals surface area contributed by atoms with E-state index in [0.29, 0.717) is 0 Å². The second-order valence-electron chi connectivity index (χ2n) is 9.20. The molecule has 41 heavy (non-hydrogen) atoms. The van der Waals surface area contributed by atoms with Crippen molar-refractivity contribution < 1.29 is 42.8 Å². The molecule has 220 valence electrons. The molecule has 0 aliphatic carbocycles. The highest BCUT2D eigenvalue weighted by atomic mass is 32.7. The van der Waals surface area contributed by atoms with E-state index in [1.165, 1.54) is 33.6 Å². The Morgan fingerprint density at radius 2 is 1.93 bits per heavy atom. The van der Waals surface area contributed by atoms with Gasteiger partial charge in [0.2, 0.25) is 5.78 Å². The number of nitrogens with zero attached hydrogens (tertiary/aromatic N) is 8. The first-order valence-electron chi connectivity index (χ1n) is 12.0. The SMILES string of the molecule is Nc1ncnc2c1nnn2[C@@H]1O[C@H](COP(=O)(S)O[C@@H]2[C@H](O)[C@@H](CO)O[C@H]2n2ccc(=O)n3ccnc23)[C@@H](O)[C@@H]1F. The maximum Gasteiger partial charge on any atom is 0.386 e. The van der Waals surface area contributed by atoms with Gasteiger partial charge in [0.1, 0.15) is 36.8 Å². The van der Waals surface area contributed by atoms with Crippen molar-refractivity contribution in [2.45, 2.75) is 49.1 Å². The second-order valence-corrected chi connectivity index (χ2v) is 12.1.